The zero-order chi connectivity index (χ0) is 23.0. The number of benzene rings is 3. The highest BCUT2D eigenvalue weighted by atomic mass is 35.5. The first kappa shape index (κ1) is 21.3. The number of carbonyl (C=O) groups excluding carboxylic acids is 3. The lowest BCUT2D eigenvalue weighted by molar-refractivity contribution is 0.0600. The van der Waals surface area contributed by atoms with Crippen LogP contribution >= 0.6 is 11.6 Å². The number of ether oxygens (including phenoxy) is 1. The summed E-state index contributed by atoms with van der Waals surface area (Å²) in [5.74, 6) is -1.51. The number of aryl methyl sites for hydroxylation is 1. The summed E-state index contributed by atoms with van der Waals surface area (Å²) < 4.78 is 5.96. The fourth-order valence-corrected chi connectivity index (χ4v) is 3.83. The number of carbonyl (C=O) groups is 3. The molecule has 160 valence electrons. The predicted octanol–water partition coefficient (Wildman–Crippen LogP) is 4.24. The Labute approximate surface area is 188 Å². The van der Waals surface area contributed by atoms with E-state index in [9.17, 15) is 14.4 Å². The first-order chi connectivity index (χ1) is 15.3. The van der Waals surface area contributed by atoms with Crippen molar-refractivity contribution in [3.05, 3.63) is 87.9 Å². The van der Waals surface area contributed by atoms with Crippen LogP contribution in [0.5, 0.6) is 0 Å². The molecule has 0 atom stereocenters. The minimum absolute atomic E-state index is 0.245. The highest BCUT2D eigenvalue weighted by molar-refractivity contribution is 6.34. The summed E-state index contributed by atoms with van der Waals surface area (Å²) in [4.78, 5) is 36.9. The van der Waals surface area contributed by atoms with Gasteiger partial charge in [0.25, 0.3) is 5.91 Å². The number of halogens is 1. The summed E-state index contributed by atoms with van der Waals surface area (Å²) in [6.45, 7) is 1.78. The van der Waals surface area contributed by atoms with Gasteiger partial charge >= 0.3 is 5.97 Å². The van der Waals surface area contributed by atoms with E-state index in [1.807, 2.05) is 0 Å². The molecule has 0 aliphatic rings. The number of methoxy groups -OCH3 is 1. The Balaban J connectivity index is 1.93. The van der Waals surface area contributed by atoms with Crippen molar-refractivity contribution >= 4 is 40.3 Å². The average Bonchev–Trinajstić information content (AvgIpc) is 3.17. The zero-order valence-electron chi connectivity index (χ0n) is 17.3. The third kappa shape index (κ3) is 3.63. The number of fused-ring (bicyclic) bond motifs is 1. The molecule has 4 rings (SSSR count). The lowest BCUT2D eigenvalue weighted by Crippen LogP contribution is -2.16. The van der Waals surface area contributed by atoms with Gasteiger partial charge in [0.2, 0.25) is 5.91 Å². The van der Waals surface area contributed by atoms with E-state index in [1.165, 1.54) is 17.9 Å². The van der Waals surface area contributed by atoms with E-state index >= 15 is 0 Å². The molecule has 3 aromatic carbocycles. The van der Waals surface area contributed by atoms with Crippen LogP contribution in [0.4, 0.5) is 0 Å². The second-order valence-electron chi connectivity index (χ2n) is 7.16. The average molecular weight is 448 g/mol. The SMILES string of the molecule is COC(=O)c1ccc(-c2nn(C(=O)c3c(C)cccc3Cl)c3cc(C(N)=O)ccc23)cc1. The first-order valence-corrected chi connectivity index (χ1v) is 10.0. The van der Waals surface area contributed by atoms with Gasteiger partial charge in [-0.05, 0) is 48.9 Å². The molecular formula is C24H18ClN3O4. The molecule has 1 heterocycles. The molecule has 1 amide bonds. The number of hydrogen-bond donors (Lipinski definition) is 1. The number of primary amides is 1. The molecule has 0 unspecified atom stereocenters. The Kier molecular flexibility index (Phi) is 5.50. The summed E-state index contributed by atoms with van der Waals surface area (Å²) in [5.41, 5.74) is 8.69. The van der Waals surface area contributed by atoms with E-state index < -0.39 is 17.8 Å². The minimum Gasteiger partial charge on any atom is -0.465 e. The van der Waals surface area contributed by atoms with Crippen LogP contribution in [0, 0.1) is 6.92 Å². The topological polar surface area (TPSA) is 104 Å². The van der Waals surface area contributed by atoms with Gasteiger partial charge in [0.15, 0.2) is 0 Å². The third-order valence-corrected chi connectivity index (χ3v) is 5.49. The molecule has 32 heavy (non-hydrogen) atoms. The van der Waals surface area contributed by atoms with Gasteiger partial charge in [-0.3, -0.25) is 9.59 Å². The molecule has 4 aromatic rings. The number of esters is 1. The van der Waals surface area contributed by atoms with Crippen LogP contribution in [-0.4, -0.2) is 34.7 Å². The molecule has 0 saturated carbocycles. The zero-order valence-corrected chi connectivity index (χ0v) is 18.0. The smallest absolute Gasteiger partial charge is 0.337 e. The van der Waals surface area contributed by atoms with Crippen molar-refractivity contribution in [1.29, 1.82) is 0 Å². The molecule has 2 N–H and O–H groups in total. The molecule has 0 aliphatic heterocycles. The number of nitrogens with two attached hydrogens (primary N) is 1. The number of amides is 1. The number of aromatic nitrogens is 2. The maximum absolute atomic E-state index is 13.4. The van der Waals surface area contributed by atoms with Crippen LogP contribution < -0.4 is 5.73 Å². The van der Waals surface area contributed by atoms with Gasteiger partial charge in [-0.2, -0.15) is 9.78 Å². The summed E-state index contributed by atoms with van der Waals surface area (Å²) in [6, 6.07) is 16.6. The summed E-state index contributed by atoms with van der Waals surface area (Å²) in [5, 5.41) is 5.49. The van der Waals surface area contributed by atoms with Crippen molar-refractivity contribution in [3.63, 3.8) is 0 Å². The lowest BCUT2D eigenvalue weighted by atomic mass is 10.0. The molecule has 1 aromatic heterocycles. The fraction of sp³-hybridized carbons (Fsp3) is 0.0833. The highest BCUT2D eigenvalue weighted by Gasteiger charge is 2.22. The Morgan fingerprint density at radius 3 is 2.31 bits per heavy atom. The van der Waals surface area contributed by atoms with Crippen LogP contribution in [0.3, 0.4) is 0 Å². The maximum atomic E-state index is 13.4. The molecule has 0 aliphatic carbocycles. The van der Waals surface area contributed by atoms with E-state index in [1.54, 1.807) is 61.5 Å². The van der Waals surface area contributed by atoms with Gasteiger partial charge in [-0.25, -0.2) is 4.79 Å². The number of nitrogens with zero attached hydrogens (tertiary/aromatic N) is 2. The van der Waals surface area contributed by atoms with Crippen LogP contribution in [0.15, 0.2) is 60.7 Å². The van der Waals surface area contributed by atoms with Gasteiger partial charge in [0, 0.05) is 16.5 Å². The molecule has 0 radical (unpaired) electrons. The van der Waals surface area contributed by atoms with Gasteiger partial charge in [-0.15, -0.1) is 0 Å². The molecule has 0 bridgehead atoms. The van der Waals surface area contributed by atoms with E-state index in [-0.39, 0.29) is 5.56 Å². The molecular weight excluding hydrogens is 430 g/mol. The Morgan fingerprint density at radius 2 is 1.69 bits per heavy atom. The maximum Gasteiger partial charge on any atom is 0.337 e. The summed E-state index contributed by atoms with van der Waals surface area (Å²) in [6.07, 6.45) is 0. The Bertz CT molecular complexity index is 1370. The quantitative estimate of drug-likeness (QED) is 0.471. The van der Waals surface area contributed by atoms with Crippen molar-refractivity contribution in [2.24, 2.45) is 5.73 Å². The number of rotatable bonds is 4. The van der Waals surface area contributed by atoms with Gasteiger partial charge in [0.1, 0.15) is 5.69 Å². The largest absolute Gasteiger partial charge is 0.465 e. The van der Waals surface area contributed by atoms with Crippen molar-refractivity contribution < 1.29 is 19.1 Å². The third-order valence-electron chi connectivity index (χ3n) is 5.17. The van der Waals surface area contributed by atoms with Crippen molar-refractivity contribution in [2.45, 2.75) is 6.92 Å². The van der Waals surface area contributed by atoms with Gasteiger partial charge in [-0.1, -0.05) is 35.9 Å². The molecule has 0 fully saturated rings. The molecule has 0 saturated heterocycles. The first-order valence-electron chi connectivity index (χ1n) is 9.63. The molecule has 7 nitrogen and oxygen atoms in total. The van der Waals surface area contributed by atoms with Gasteiger partial charge < -0.3 is 10.5 Å². The van der Waals surface area contributed by atoms with E-state index in [4.69, 9.17) is 22.1 Å². The van der Waals surface area contributed by atoms with E-state index in [0.717, 1.165) is 0 Å². The van der Waals surface area contributed by atoms with Crippen LogP contribution in [-0.2, 0) is 4.74 Å². The lowest BCUT2D eigenvalue weighted by Gasteiger charge is -2.08. The summed E-state index contributed by atoms with van der Waals surface area (Å²) >= 11 is 6.31. The Hall–Kier alpha value is -3.97. The van der Waals surface area contributed by atoms with Crippen LogP contribution in [0.2, 0.25) is 5.02 Å². The standard InChI is InChI=1S/C24H18ClN3O4/c1-13-4-3-5-18(25)20(13)23(30)28-19-12-16(22(26)29)10-11-17(19)21(27-28)14-6-8-15(9-7-14)24(31)32-2/h3-12H,1-2H3,(H2,26,29). The van der Waals surface area contributed by atoms with E-state index in [0.29, 0.717) is 43.9 Å². The fourth-order valence-electron chi connectivity index (χ4n) is 3.53. The van der Waals surface area contributed by atoms with E-state index in [2.05, 4.69) is 5.10 Å². The van der Waals surface area contributed by atoms with Gasteiger partial charge in [0.05, 0.1) is 28.8 Å². The van der Waals surface area contributed by atoms with Crippen molar-refractivity contribution in [2.75, 3.05) is 7.11 Å². The molecule has 0 spiro atoms. The normalized spacial score (nSPS) is 10.8. The van der Waals surface area contributed by atoms with Crippen molar-refractivity contribution in [3.8, 4) is 11.3 Å². The monoisotopic (exact) mass is 447 g/mol. The molecule has 8 heteroatoms. The predicted molar refractivity (Wildman–Crippen MR) is 121 cm³/mol. The second kappa shape index (κ2) is 8.28. The summed E-state index contributed by atoms with van der Waals surface area (Å²) in [7, 11) is 1.31. The van der Waals surface area contributed by atoms with Crippen molar-refractivity contribution in [1.82, 2.24) is 9.78 Å². The minimum atomic E-state index is -0.620. The number of hydrogen-bond acceptors (Lipinski definition) is 5. The highest BCUT2D eigenvalue weighted by Crippen LogP contribution is 2.31. The second-order valence-corrected chi connectivity index (χ2v) is 7.57. The van der Waals surface area contributed by atoms with Crippen LogP contribution in [0.1, 0.15) is 36.6 Å². The van der Waals surface area contributed by atoms with Crippen LogP contribution in [0.25, 0.3) is 22.2 Å². The Morgan fingerprint density at radius 1 is 1.00 bits per heavy atom.